The SMILES string of the molecule is COc1ccc([C@@H](C)NC(=O)c2ccc(C)c(S(=O)(=O)Nc3ccc(C)cc3)c2)cc1. The van der Waals surface area contributed by atoms with Crippen molar-refractivity contribution in [3.8, 4) is 5.75 Å². The van der Waals surface area contributed by atoms with Gasteiger partial charge in [-0.2, -0.15) is 0 Å². The molecule has 0 unspecified atom stereocenters. The maximum atomic E-state index is 12.9. The zero-order valence-corrected chi connectivity index (χ0v) is 18.8. The van der Waals surface area contributed by atoms with Gasteiger partial charge in [-0.05, 0) is 68.3 Å². The average Bonchev–Trinajstić information content (AvgIpc) is 2.75. The van der Waals surface area contributed by atoms with Crippen molar-refractivity contribution in [2.75, 3.05) is 11.8 Å². The highest BCUT2D eigenvalue weighted by Crippen LogP contribution is 2.22. The molecule has 7 heteroatoms. The molecule has 0 fully saturated rings. The molecule has 1 atom stereocenters. The maximum absolute atomic E-state index is 12.9. The van der Waals surface area contributed by atoms with Crippen molar-refractivity contribution in [3.63, 3.8) is 0 Å². The minimum atomic E-state index is -3.85. The number of nitrogens with one attached hydrogen (secondary N) is 2. The number of rotatable bonds is 7. The van der Waals surface area contributed by atoms with E-state index in [0.717, 1.165) is 16.9 Å². The molecule has 0 aliphatic heterocycles. The van der Waals surface area contributed by atoms with Crippen LogP contribution in [0.15, 0.2) is 71.6 Å². The molecule has 1 amide bonds. The Balaban J connectivity index is 1.80. The predicted octanol–water partition coefficient (Wildman–Crippen LogP) is 4.60. The topological polar surface area (TPSA) is 84.5 Å². The monoisotopic (exact) mass is 438 g/mol. The van der Waals surface area contributed by atoms with Crippen LogP contribution in [-0.4, -0.2) is 21.4 Å². The van der Waals surface area contributed by atoms with Crippen molar-refractivity contribution < 1.29 is 17.9 Å². The molecule has 6 nitrogen and oxygen atoms in total. The number of hydrogen-bond donors (Lipinski definition) is 2. The van der Waals surface area contributed by atoms with Crippen molar-refractivity contribution in [1.29, 1.82) is 0 Å². The highest BCUT2D eigenvalue weighted by Gasteiger charge is 2.20. The molecule has 0 aromatic heterocycles. The van der Waals surface area contributed by atoms with Gasteiger partial charge in [0.1, 0.15) is 5.75 Å². The number of sulfonamides is 1. The number of ether oxygens (including phenoxy) is 1. The lowest BCUT2D eigenvalue weighted by molar-refractivity contribution is 0.0939. The summed E-state index contributed by atoms with van der Waals surface area (Å²) in [5.41, 5.74) is 3.24. The summed E-state index contributed by atoms with van der Waals surface area (Å²) >= 11 is 0. The van der Waals surface area contributed by atoms with E-state index < -0.39 is 10.0 Å². The quantitative estimate of drug-likeness (QED) is 0.564. The fraction of sp³-hybridized carbons (Fsp3) is 0.208. The molecule has 3 aromatic carbocycles. The predicted molar refractivity (Wildman–Crippen MR) is 122 cm³/mol. The van der Waals surface area contributed by atoms with Gasteiger partial charge in [0.25, 0.3) is 15.9 Å². The summed E-state index contributed by atoms with van der Waals surface area (Å²) < 4.78 is 33.6. The van der Waals surface area contributed by atoms with Crippen LogP contribution in [0.4, 0.5) is 5.69 Å². The summed E-state index contributed by atoms with van der Waals surface area (Å²) in [5.74, 6) is 0.381. The Hall–Kier alpha value is -3.32. The first kappa shape index (κ1) is 22.4. The molecule has 31 heavy (non-hydrogen) atoms. The lowest BCUT2D eigenvalue weighted by atomic mass is 10.1. The van der Waals surface area contributed by atoms with Gasteiger partial charge in [-0.3, -0.25) is 9.52 Å². The molecular weight excluding hydrogens is 412 g/mol. The van der Waals surface area contributed by atoms with Gasteiger partial charge in [0.2, 0.25) is 0 Å². The Morgan fingerprint density at radius 1 is 0.935 bits per heavy atom. The second kappa shape index (κ2) is 9.22. The summed E-state index contributed by atoms with van der Waals surface area (Å²) in [6, 6.07) is 18.9. The Labute approximate surface area is 183 Å². The number of carbonyl (C=O) groups excluding carboxylic acids is 1. The number of amides is 1. The zero-order valence-electron chi connectivity index (χ0n) is 18.0. The minimum Gasteiger partial charge on any atom is -0.497 e. The number of methoxy groups -OCH3 is 1. The Morgan fingerprint density at radius 2 is 1.58 bits per heavy atom. The summed E-state index contributed by atoms with van der Waals surface area (Å²) in [5, 5.41) is 2.91. The van der Waals surface area contributed by atoms with Crippen molar-refractivity contribution in [1.82, 2.24) is 5.32 Å². The fourth-order valence-corrected chi connectivity index (χ4v) is 4.45. The van der Waals surface area contributed by atoms with E-state index in [1.54, 1.807) is 38.3 Å². The van der Waals surface area contributed by atoms with Crippen LogP contribution in [0.25, 0.3) is 0 Å². The van der Waals surface area contributed by atoms with Gasteiger partial charge >= 0.3 is 0 Å². The van der Waals surface area contributed by atoms with Crippen molar-refractivity contribution in [2.45, 2.75) is 31.7 Å². The van der Waals surface area contributed by atoms with Crippen LogP contribution in [-0.2, 0) is 10.0 Å². The van der Waals surface area contributed by atoms with Crippen molar-refractivity contribution in [3.05, 3.63) is 89.0 Å². The standard InChI is InChI=1S/C24H26N2O4S/c1-16-5-11-21(12-6-16)26-31(28,29)23-15-20(8-7-17(23)2)24(27)25-18(3)19-9-13-22(30-4)14-10-19/h5-15,18,26H,1-4H3,(H,25,27)/t18-/m1/s1. The molecule has 0 saturated heterocycles. The molecule has 0 spiro atoms. The number of aryl methyl sites for hydroxylation is 2. The molecule has 0 radical (unpaired) electrons. The zero-order chi connectivity index (χ0) is 22.6. The van der Waals surface area contributed by atoms with E-state index in [2.05, 4.69) is 10.0 Å². The third-order valence-electron chi connectivity index (χ3n) is 5.01. The van der Waals surface area contributed by atoms with E-state index in [0.29, 0.717) is 11.3 Å². The molecule has 2 N–H and O–H groups in total. The van der Waals surface area contributed by atoms with Crippen LogP contribution >= 0.6 is 0 Å². The molecule has 0 aliphatic carbocycles. The second-order valence-corrected chi connectivity index (χ2v) is 9.07. The molecule has 0 saturated carbocycles. The largest absolute Gasteiger partial charge is 0.497 e. The van der Waals surface area contributed by atoms with Crippen LogP contribution < -0.4 is 14.8 Å². The van der Waals surface area contributed by atoms with E-state index >= 15 is 0 Å². The Bertz CT molecular complexity index is 1170. The fourth-order valence-electron chi connectivity index (χ4n) is 3.12. The highest BCUT2D eigenvalue weighted by atomic mass is 32.2. The molecule has 162 valence electrons. The third-order valence-corrected chi connectivity index (χ3v) is 6.53. The molecule has 0 aliphatic rings. The normalized spacial score (nSPS) is 12.1. The lowest BCUT2D eigenvalue weighted by Gasteiger charge is -2.16. The first-order valence-electron chi connectivity index (χ1n) is 9.84. The van der Waals surface area contributed by atoms with Gasteiger partial charge in [0.15, 0.2) is 0 Å². The van der Waals surface area contributed by atoms with Gasteiger partial charge in [-0.15, -0.1) is 0 Å². The van der Waals surface area contributed by atoms with Gasteiger partial charge in [-0.25, -0.2) is 8.42 Å². The lowest BCUT2D eigenvalue weighted by Crippen LogP contribution is -2.27. The Kier molecular flexibility index (Phi) is 6.65. The summed E-state index contributed by atoms with van der Waals surface area (Å²) in [6.07, 6.45) is 0. The maximum Gasteiger partial charge on any atom is 0.262 e. The first-order chi connectivity index (χ1) is 14.7. The van der Waals surface area contributed by atoms with Crippen LogP contribution in [0.5, 0.6) is 5.75 Å². The Morgan fingerprint density at radius 3 is 2.19 bits per heavy atom. The van der Waals surface area contributed by atoms with Crippen LogP contribution in [0, 0.1) is 13.8 Å². The van der Waals surface area contributed by atoms with Crippen LogP contribution in [0.1, 0.15) is 40.0 Å². The number of benzene rings is 3. The smallest absolute Gasteiger partial charge is 0.262 e. The van der Waals surface area contributed by atoms with Crippen molar-refractivity contribution >= 4 is 21.6 Å². The third kappa shape index (κ3) is 5.44. The summed E-state index contributed by atoms with van der Waals surface area (Å²) in [6.45, 7) is 5.49. The number of hydrogen-bond acceptors (Lipinski definition) is 4. The van der Waals surface area contributed by atoms with Crippen LogP contribution in [0.2, 0.25) is 0 Å². The number of carbonyl (C=O) groups is 1. The first-order valence-corrected chi connectivity index (χ1v) is 11.3. The average molecular weight is 439 g/mol. The van der Waals surface area contributed by atoms with E-state index in [1.165, 1.54) is 6.07 Å². The summed E-state index contributed by atoms with van der Waals surface area (Å²) in [4.78, 5) is 12.9. The van der Waals surface area contributed by atoms with E-state index in [4.69, 9.17) is 4.74 Å². The van der Waals surface area contributed by atoms with E-state index in [1.807, 2.05) is 50.2 Å². The van der Waals surface area contributed by atoms with Gasteiger partial charge in [-0.1, -0.05) is 35.9 Å². The second-order valence-electron chi connectivity index (χ2n) is 7.42. The minimum absolute atomic E-state index is 0.0674. The van der Waals surface area contributed by atoms with Crippen LogP contribution in [0.3, 0.4) is 0 Å². The molecule has 0 bridgehead atoms. The van der Waals surface area contributed by atoms with Crippen molar-refractivity contribution in [2.24, 2.45) is 0 Å². The van der Waals surface area contributed by atoms with Gasteiger partial charge < -0.3 is 10.1 Å². The van der Waals surface area contributed by atoms with E-state index in [9.17, 15) is 13.2 Å². The molecule has 3 rings (SSSR count). The molecule has 0 heterocycles. The molecular formula is C24H26N2O4S. The van der Waals surface area contributed by atoms with Gasteiger partial charge in [0.05, 0.1) is 18.0 Å². The highest BCUT2D eigenvalue weighted by molar-refractivity contribution is 7.92. The van der Waals surface area contributed by atoms with E-state index in [-0.39, 0.29) is 22.4 Å². The number of anilines is 1. The summed E-state index contributed by atoms with van der Waals surface area (Å²) in [7, 11) is -2.25. The molecule has 3 aromatic rings. The van der Waals surface area contributed by atoms with Gasteiger partial charge in [0, 0.05) is 11.3 Å².